The van der Waals surface area contributed by atoms with Crippen molar-refractivity contribution in [2.45, 2.75) is 38.9 Å². The van der Waals surface area contributed by atoms with Gasteiger partial charge in [-0.3, -0.25) is 14.7 Å². The minimum absolute atomic E-state index is 0.105. The molecule has 9 heteroatoms. The molecule has 38 heavy (non-hydrogen) atoms. The number of ether oxygens (including phenoxy) is 1. The van der Waals surface area contributed by atoms with Crippen molar-refractivity contribution in [3.8, 4) is 0 Å². The summed E-state index contributed by atoms with van der Waals surface area (Å²) in [6.45, 7) is 10.2. The normalized spacial score (nSPS) is 19.9. The van der Waals surface area contributed by atoms with Gasteiger partial charge in [-0.15, -0.1) is 0 Å². The second-order valence-electron chi connectivity index (χ2n) is 9.95. The Morgan fingerprint density at radius 3 is 2.61 bits per heavy atom. The van der Waals surface area contributed by atoms with Crippen LogP contribution in [-0.4, -0.2) is 69.8 Å². The fourth-order valence-electron chi connectivity index (χ4n) is 5.54. The van der Waals surface area contributed by atoms with Crippen molar-refractivity contribution >= 4 is 28.9 Å². The van der Waals surface area contributed by atoms with Gasteiger partial charge in [-0.25, -0.2) is 0 Å². The van der Waals surface area contributed by atoms with Gasteiger partial charge in [0.25, 0.3) is 0 Å². The maximum absolute atomic E-state index is 13.1. The van der Waals surface area contributed by atoms with E-state index in [1.807, 2.05) is 53.4 Å². The smallest absolute Gasteiger partial charge is 0.244 e. The van der Waals surface area contributed by atoms with E-state index in [1.54, 1.807) is 6.20 Å². The van der Waals surface area contributed by atoms with E-state index in [0.717, 1.165) is 57.2 Å². The monoisotopic (exact) mass is 532 g/mol. The Hall–Kier alpha value is -3.27. The number of benzene rings is 1. The zero-order chi connectivity index (χ0) is 26.5. The molecule has 0 bridgehead atoms. The van der Waals surface area contributed by atoms with Gasteiger partial charge in [-0.05, 0) is 68.4 Å². The third-order valence-corrected chi connectivity index (χ3v) is 7.81. The lowest BCUT2D eigenvalue weighted by Crippen LogP contribution is -2.37. The van der Waals surface area contributed by atoms with Crippen LogP contribution in [0.5, 0.6) is 0 Å². The molecule has 2 fully saturated rings. The molecule has 8 nitrogen and oxygen atoms in total. The number of nitrogens with zero attached hydrogens (tertiary/aromatic N) is 4. The number of thiocarbonyl (C=S) groups is 1. The fraction of sp³-hybridized carbons (Fsp3) is 0.414. The lowest BCUT2D eigenvalue weighted by atomic mass is 9.96. The van der Waals surface area contributed by atoms with Crippen molar-refractivity contribution in [1.29, 1.82) is 0 Å². The zero-order valence-corrected chi connectivity index (χ0v) is 22.9. The fourth-order valence-corrected chi connectivity index (χ4v) is 5.84. The largest absolute Gasteiger partial charge is 0.379 e. The number of amides is 1. The number of nitrogens with one attached hydrogen (secondary N) is 2. The highest BCUT2D eigenvalue weighted by atomic mass is 32.1. The first-order chi connectivity index (χ1) is 18.5. The Morgan fingerprint density at radius 2 is 1.87 bits per heavy atom. The van der Waals surface area contributed by atoms with E-state index in [9.17, 15) is 4.79 Å². The van der Waals surface area contributed by atoms with Gasteiger partial charge in [-0.1, -0.05) is 24.3 Å². The summed E-state index contributed by atoms with van der Waals surface area (Å²) >= 11 is 5.79. The first-order valence-corrected chi connectivity index (χ1v) is 13.7. The summed E-state index contributed by atoms with van der Waals surface area (Å²) in [5, 5.41) is 7.03. The Labute approximate surface area is 230 Å². The second kappa shape index (κ2) is 12.1. The summed E-state index contributed by atoms with van der Waals surface area (Å²) in [7, 11) is 0. The first-order valence-electron chi connectivity index (χ1n) is 13.3. The molecule has 0 unspecified atom stereocenters. The predicted octanol–water partition coefficient (Wildman–Crippen LogP) is 3.83. The molecule has 0 radical (unpaired) electrons. The first kappa shape index (κ1) is 26.3. The molecule has 4 heterocycles. The third-order valence-electron chi connectivity index (χ3n) is 7.46. The van der Waals surface area contributed by atoms with Gasteiger partial charge >= 0.3 is 0 Å². The summed E-state index contributed by atoms with van der Waals surface area (Å²) in [5.74, 6) is -0.105. The summed E-state index contributed by atoms with van der Waals surface area (Å²) in [6.07, 6.45) is 2.88. The number of hydrogen-bond donors (Lipinski definition) is 2. The Morgan fingerprint density at radius 1 is 1.11 bits per heavy atom. The van der Waals surface area contributed by atoms with E-state index in [0.29, 0.717) is 5.11 Å². The molecule has 200 valence electrons. The van der Waals surface area contributed by atoms with Crippen LogP contribution in [0.15, 0.2) is 60.8 Å². The molecule has 2 aromatic heterocycles. The number of aryl methyl sites for hydroxylation is 1. The summed E-state index contributed by atoms with van der Waals surface area (Å²) < 4.78 is 7.88. The second-order valence-corrected chi connectivity index (χ2v) is 10.3. The molecule has 2 atom stereocenters. The average Bonchev–Trinajstić information content (AvgIpc) is 3.40. The SMILES string of the molecule is Cc1cc([C@@H]2[C@H](c3ccccn3)NC(=S)N2CC(=O)Nc2ccccc2)c(C)n1CCCN1CCOCC1. The van der Waals surface area contributed by atoms with Crippen molar-refractivity contribution in [1.82, 2.24) is 24.7 Å². The molecular formula is C29H36N6O2S. The molecule has 3 aromatic rings. The van der Waals surface area contributed by atoms with Crippen LogP contribution in [0.1, 0.15) is 41.1 Å². The van der Waals surface area contributed by atoms with Crippen molar-refractivity contribution < 1.29 is 9.53 Å². The molecule has 1 amide bonds. The number of aromatic nitrogens is 2. The number of carbonyl (C=O) groups is 1. The van der Waals surface area contributed by atoms with Gasteiger partial charge in [0.1, 0.15) is 6.54 Å². The maximum atomic E-state index is 13.1. The molecule has 5 rings (SSSR count). The zero-order valence-electron chi connectivity index (χ0n) is 22.1. The standard InChI is InChI=1S/C29H36N6O2S/c1-21-19-24(22(2)34(21)14-8-13-33-15-17-37-18-16-33)28-27(25-11-6-7-12-30-25)32-29(38)35(28)20-26(36)31-23-9-4-3-5-10-23/h3-7,9-12,19,27-28H,8,13-18,20H2,1-2H3,(H,31,36)(H,32,38)/t27-,28+/m0/s1. The molecule has 2 aliphatic heterocycles. The summed E-state index contributed by atoms with van der Waals surface area (Å²) in [4.78, 5) is 22.2. The van der Waals surface area contributed by atoms with E-state index < -0.39 is 0 Å². The number of carbonyl (C=O) groups excluding carboxylic acids is 1. The average molecular weight is 533 g/mol. The maximum Gasteiger partial charge on any atom is 0.244 e. The minimum atomic E-state index is -0.157. The molecule has 2 aliphatic rings. The highest BCUT2D eigenvalue weighted by molar-refractivity contribution is 7.80. The van der Waals surface area contributed by atoms with Crippen molar-refractivity contribution in [3.63, 3.8) is 0 Å². The van der Waals surface area contributed by atoms with E-state index in [4.69, 9.17) is 17.0 Å². The Kier molecular flexibility index (Phi) is 8.36. The van der Waals surface area contributed by atoms with Crippen LogP contribution in [0.3, 0.4) is 0 Å². The van der Waals surface area contributed by atoms with Crippen molar-refractivity contribution in [3.05, 3.63) is 83.4 Å². The predicted molar refractivity (Wildman–Crippen MR) is 153 cm³/mol. The third kappa shape index (κ3) is 5.90. The molecule has 0 saturated carbocycles. The van der Waals surface area contributed by atoms with E-state index in [2.05, 4.69) is 45.0 Å². The van der Waals surface area contributed by atoms with Gasteiger partial charge in [0.2, 0.25) is 5.91 Å². The summed E-state index contributed by atoms with van der Waals surface area (Å²) in [6, 6.07) is 17.4. The van der Waals surface area contributed by atoms with Crippen LogP contribution in [0, 0.1) is 13.8 Å². The number of anilines is 1. The number of pyridine rings is 1. The number of hydrogen-bond acceptors (Lipinski definition) is 5. The lowest BCUT2D eigenvalue weighted by Gasteiger charge is -2.28. The van der Waals surface area contributed by atoms with Crippen LogP contribution in [0.2, 0.25) is 0 Å². The van der Waals surface area contributed by atoms with E-state index in [-0.39, 0.29) is 24.5 Å². The molecule has 2 N–H and O–H groups in total. The quantitative estimate of drug-likeness (QED) is 0.406. The lowest BCUT2D eigenvalue weighted by molar-refractivity contribution is -0.116. The van der Waals surface area contributed by atoms with E-state index >= 15 is 0 Å². The van der Waals surface area contributed by atoms with Gasteiger partial charge in [0.05, 0.1) is 31.0 Å². The van der Waals surface area contributed by atoms with Crippen LogP contribution in [0.25, 0.3) is 0 Å². The minimum Gasteiger partial charge on any atom is -0.379 e. The number of para-hydroxylation sites is 1. The van der Waals surface area contributed by atoms with Crippen molar-refractivity contribution in [2.24, 2.45) is 0 Å². The van der Waals surface area contributed by atoms with Gasteiger partial charge < -0.3 is 24.8 Å². The summed E-state index contributed by atoms with van der Waals surface area (Å²) in [5.41, 5.74) is 5.26. The van der Waals surface area contributed by atoms with Gasteiger partial charge in [0, 0.05) is 49.5 Å². The van der Waals surface area contributed by atoms with Crippen LogP contribution in [-0.2, 0) is 16.1 Å². The molecule has 0 aliphatic carbocycles. The van der Waals surface area contributed by atoms with Crippen LogP contribution < -0.4 is 10.6 Å². The molecule has 2 saturated heterocycles. The topological polar surface area (TPSA) is 74.7 Å². The van der Waals surface area contributed by atoms with E-state index in [1.165, 1.54) is 17.0 Å². The molecule has 0 spiro atoms. The van der Waals surface area contributed by atoms with Crippen molar-refractivity contribution in [2.75, 3.05) is 44.7 Å². The highest BCUT2D eigenvalue weighted by Crippen LogP contribution is 2.40. The van der Waals surface area contributed by atoms with Gasteiger partial charge in [0.15, 0.2) is 5.11 Å². The van der Waals surface area contributed by atoms with Crippen LogP contribution in [0.4, 0.5) is 5.69 Å². The number of morpholine rings is 1. The Balaban J connectivity index is 1.39. The van der Waals surface area contributed by atoms with Gasteiger partial charge in [-0.2, -0.15) is 0 Å². The Bertz CT molecular complexity index is 1240. The highest BCUT2D eigenvalue weighted by Gasteiger charge is 2.42. The van der Waals surface area contributed by atoms with Crippen LogP contribution >= 0.6 is 12.2 Å². The number of rotatable bonds is 9. The molecule has 1 aromatic carbocycles. The molecular weight excluding hydrogens is 496 g/mol.